The van der Waals surface area contributed by atoms with E-state index in [4.69, 9.17) is 0 Å². The lowest BCUT2D eigenvalue weighted by Crippen LogP contribution is -2.45. The minimum absolute atomic E-state index is 1.00. The van der Waals surface area contributed by atoms with Crippen LogP contribution in [0.3, 0.4) is 0 Å². The van der Waals surface area contributed by atoms with E-state index in [9.17, 15) is 0 Å². The van der Waals surface area contributed by atoms with Crippen molar-refractivity contribution < 1.29 is 0 Å². The molecule has 1 fully saturated rings. The van der Waals surface area contributed by atoms with Gasteiger partial charge in [0, 0.05) is 50.3 Å². The van der Waals surface area contributed by atoms with Crippen LogP contribution in [0, 0.1) is 0 Å². The van der Waals surface area contributed by atoms with Gasteiger partial charge < -0.3 is 9.80 Å². The van der Waals surface area contributed by atoms with Gasteiger partial charge >= 0.3 is 0 Å². The zero-order chi connectivity index (χ0) is 21.1. The van der Waals surface area contributed by atoms with Crippen LogP contribution in [0.4, 0.5) is 0 Å². The summed E-state index contributed by atoms with van der Waals surface area (Å²) in [4.78, 5) is 11.9. The van der Waals surface area contributed by atoms with E-state index in [1.807, 2.05) is 5.51 Å². The third-order valence-corrected chi connectivity index (χ3v) is 7.12. The molecular weight excluding hydrogens is 388 g/mol. The van der Waals surface area contributed by atoms with Gasteiger partial charge in [-0.25, -0.2) is 4.98 Å². The highest BCUT2D eigenvalue weighted by molar-refractivity contribution is 7.16. The highest BCUT2D eigenvalue weighted by Crippen LogP contribution is 2.27. The van der Waals surface area contributed by atoms with Crippen LogP contribution in [-0.4, -0.2) is 45.9 Å². The van der Waals surface area contributed by atoms with Crippen molar-refractivity contribution in [1.29, 1.82) is 0 Å². The molecular formula is C25H32N4S. The second kappa shape index (κ2) is 9.19. The third-order valence-electron chi connectivity index (χ3n) is 6.31. The number of aromatic nitrogens is 1. The molecule has 0 amide bonds. The Morgan fingerprint density at radius 2 is 1.93 bits per heavy atom. The molecule has 0 radical (unpaired) electrons. The van der Waals surface area contributed by atoms with Crippen LogP contribution in [0.25, 0.3) is 10.2 Å². The Bertz CT molecular complexity index is 1020. The number of benzene rings is 1. The van der Waals surface area contributed by atoms with Gasteiger partial charge in [0.2, 0.25) is 0 Å². The Kier molecular flexibility index (Phi) is 6.40. The fourth-order valence-electron chi connectivity index (χ4n) is 4.10. The first kappa shape index (κ1) is 20.9. The molecule has 2 aromatic rings. The van der Waals surface area contributed by atoms with E-state index in [1.54, 1.807) is 11.3 Å². The van der Waals surface area contributed by atoms with Gasteiger partial charge in [-0.3, -0.25) is 4.90 Å². The van der Waals surface area contributed by atoms with Crippen LogP contribution in [0.5, 0.6) is 0 Å². The predicted molar refractivity (Wildman–Crippen MR) is 128 cm³/mol. The largest absolute Gasteiger partial charge is 0.368 e. The molecule has 1 aromatic carbocycles. The second-order valence-electron chi connectivity index (χ2n) is 8.11. The first-order valence-corrected chi connectivity index (χ1v) is 11.8. The van der Waals surface area contributed by atoms with Gasteiger partial charge in [0.05, 0.1) is 21.4 Å². The number of thiazole rings is 1. The van der Waals surface area contributed by atoms with Crippen molar-refractivity contribution in [2.75, 3.05) is 26.2 Å². The van der Waals surface area contributed by atoms with Gasteiger partial charge in [-0.2, -0.15) is 0 Å². The Morgan fingerprint density at radius 1 is 1.13 bits per heavy atom. The zero-order valence-corrected chi connectivity index (χ0v) is 19.4. The lowest BCUT2D eigenvalue weighted by molar-refractivity contribution is 0.154. The topological polar surface area (TPSA) is 22.6 Å². The number of hydrogen-bond donors (Lipinski definition) is 0. The number of fused-ring (bicyclic) bond motifs is 1. The minimum Gasteiger partial charge on any atom is -0.368 e. The zero-order valence-electron chi connectivity index (χ0n) is 18.6. The van der Waals surface area contributed by atoms with Crippen LogP contribution in [0.15, 0.2) is 70.8 Å². The summed E-state index contributed by atoms with van der Waals surface area (Å²) < 4.78 is 1.27. The molecule has 0 aliphatic carbocycles. The molecule has 4 nitrogen and oxygen atoms in total. The van der Waals surface area contributed by atoms with Crippen molar-refractivity contribution in [2.45, 2.75) is 40.7 Å². The van der Waals surface area contributed by atoms with Crippen LogP contribution >= 0.6 is 11.3 Å². The molecule has 0 saturated carbocycles. The second-order valence-corrected chi connectivity index (χ2v) is 8.99. The first-order chi connectivity index (χ1) is 14.6. The molecule has 5 heteroatoms. The molecule has 1 aromatic heterocycles. The summed E-state index contributed by atoms with van der Waals surface area (Å²) in [6, 6.07) is 6.70. The van der Waals surface area contributed by atoms with E-state index < -0.39 is 0 Å². The quantitative estimate of drug-likeness (QED) is 0.616. The Balaban J connectivity index is 1.41. The van der Waals surface area contributed by atoms with Crippen LogP contribution in [0.2, 0.25) is 0 Å². The molecule has 0 unspecified atom stereocenters. The van der Waals surface area contributed by atoms with Crippen LogP contribution in [0.1, 0.15) is 39.7 Å². The molecule has 158 valence electrons. The molecule has 4 rings (SSSR count). The third kappa shape index (κ3) is 4.37. The average Bonchev–Trinajstić information content (AvgIpc) is 3.26. The fourth-order valence-corrected chi connectivity index (χ4v) is 4.76. The summed E-state index contributed by atoms with van der Waals surface area (Å²) >= 11 is 1.71. The van der Waals surface area contributed by atoms with Crippen molar-refractivity contribution in [3.8, 4) is 0 Å². The van der Waals surface area contributed by atoms with Gasteiger partial charge in [-0.05, 0) is 57.0 Å². The molecule has 2 aliphatic heterocycles. The average molecular weight is 421 g/mol. The van der Waals surface area contributed by atoms with Gasteiger partial charge in [0.25, 0.3) is 0 Å². The number of hydrogen-bond acceptors (Lipinski definition) is 5. The predicted octanol–water partition coefficient (Wildman–Crippen LogP) is 5.73. The van der Waals surface area contributed by atoms with E-state index >= 15 is 0 Å². The number of allylic oxidation sites excluding steroid dienone is 5. The molecule has 1 saturated heterocycles. The number of piperazine rings is 1. The van der Waals surface area contributed by atoms with Crippen molar-refractivity contribution in [1.82, 2.24) is 19.7 Å². The SMILES string of the molecule is C/C=C1/C=CC(N2CCN(Cc3ccc4scnc4c3)CC2)=CN1/C(C)=C(\C)CC. The van der Waals surface area contributed by atoms with Crippen LogP contribution in [-0.2, 0) is 6.54 Å². The molecule has 0 N–H and O–H groups in total. The minimum atomic E-state index is 1.00. The van der Waals surface area contributed by atoms with E-state index in [0.29, 0.717) is 0 Å². The maximum atomic E-state index is 4.46. The summed E-state index contributed by atoms with van der Waals surface area (Å²) in [5.41, 5.74) is 9.75. The van der Waals surface area contributed by atoms with Gasteiger partial charge in [0.15, 0.2) is 0 Å². The highest BCUT2D eigenvalue weighted by atomic mass is 32.1. The smallest absolute Gasteiger partial charge is 0.0815 e. The van der Waals surface area contributed by atoms with Crippen molar-refractivity contribution >= 4 is 21.6 Å². The maximum Gasteiger partial charge on any atom is 0.0815 e. The monoisotopic (exact) mass is 420 g/mol. The highest BCUT2D eigenvalue weighted by Gasteiger charge is 2.21. The van der Waals surface area contributed by atoms with Crippen molar-refractivity contribution in [2.24, 2.45) is 0 Å². The molecule has 3 heterocycles. The summed E-state index contributed by atoms with van der Waals surface area (Å²) in [6.07, 6.45) is 10.1. The van der Waals surface area contributed by atoms with E-state index in [-0.39, 0.29) is 0 Å². The number of nitrogens with zero attached hydrogens (tertiary/aromatic N) is 4. The standard InChI is InChI=1S/C25H32N4S/c1-5-19(3)20(4)29-17-23(9-8-22(29)6-2)28-13-11-27(12-14-28)16-21-7-10-25-24(15-21)26-18-30-25/h6-10,15,17-18H,5,11-14,16H2,1-4H3/b20-19+,22-6-. The lowest BCUT2D eigenvalue weighted by Gasteiger charge is -2.39. The summed E-state index contributed by atoms with van der Waals surface area (Å²) in [5, 5.41) is 0. The molecule has 2 aliphatic rings. The lowest BCUT2D eigenvalue weighted by atomic mass is 10.1. The van der Waals surface area contributed by atoms with Gasteiger partial charge in [-0.1, -0.05) is 24.6 Å². The Hall–Kier alpha value is -2.37. The molecule has 0 bridgehead atoms. The molecule has 0 atom stereocenters. The van der Waals surface area contributed by atoms with E-state index in [1.165, 1.54) is 32.9 Å². The number of rotatable bonds is 5. The van der Waals surface area contributed by atoms with E-state index in [0.717, 1.165) is 44.7 Å². The molecule has 0 spiro atoms. The van der Waals surface area contributed by atoms with E-state index in [2.05, 4.69) is 90.0 Å². The van der Waals surface area contributed by atoms with Crippen molar-refractivity contribution in [3.63, 3.8) is 0 Å². The van der Waals surface area contributed by atoms with Gasteiger partial charge in [-0.15, -0.1) is 11.3 Å². The van der Waals surface area contributed by atoms with Gasteiger partial charge in [0.1, 0.15) is 0 Å². The first-order valence-electron chi connectivity index (χ1n) is 10.9. The summed E-state index contributed by atoms with van der Waals surface area (Å²) in [5.74, 6) is 0. The van der Waals surface area contributed by atoms with Crippen LogP contribution < -0.4 is 0 Å². The summed E-state index contributed by atoms with van der Waals surface area (Å²) in [6.45, 7) is 14.1. The summed E-state index contributed by atoms with van der Waals surface area (Å²) in [7, 11) is 0. The fraction of sp³-hybridized carbons (Fsp3) is 0.400. The van der Waals surface area contributed by atoms with Crippen molar-refractivity contribution in [3.05, 3.63) is 76.4 Å². The Labute approximate surface area is 184 Å². The maximum absolute atomic E-state index is 4.46. The normalized spacial score (nSPS) is 20.1. The Morgan fingerprint density at radius 3 is 2.67 bits per heavy atom. The molecule has 30 heavy (non-hydrogen) atoms.